The fraction of sp³-hybridized carbons (Fsp3) is 0.368. The second-order valence-electron chi connectivity index (χ2n) is 6.97. The molecule has 4 rings (SSSR count). The van der Waals surface area contributed by atoms with Crippen LogP contribution in [0.4, 0.5) is 5.69 Å². The Morgan fingerprint density at radius 2 is 1.74 bits per heavy atom. The number of nitrogens with two attached hydrogens (primary N) is 1. The van der Waals surface area contributed by atoms with E-state index in [0.717, 1.165) is 17.7 Å². The Morgan fingerprint density at radius 1 is 1.11 bits per heavy atom. The highest BCUT2D eigenvalue weighted by molar-refractivity contribution is 6.13. The van der Waals surface area contributed by atoms with Gasteiger partial charge in [0.2, 0.25) is 23.5 Å². The second kappa shape index (κ2) is 6.53. The summed E-state index contributed by atoms with van der Waals surface area (Å²) in [5.41, 5.74) is 5.89. The van der Waals surface area contributed by atoms with Crippen LogP contribution >= 0.6 is 0 Å². The first-order valence-corrected chi connectivity index (χ1v) is 8.93. The summed E-state index contributed by atoms with van der Waals surface area (Å²) >= 11 is 0. The summed E-state index contributed by atoms with van der Waals surface area (Å²) in [6.45, 7) is -0.387. The van der Waals surface area contributed by atoms with E-state index < -0.39 is 11.8 Å². The highest BCUT2D eigenvalue weighted by Gasteiger charge is 2.48. The molecule has 1 aromatic heterocycles. The molecular formula is C19H19N3O5. The lowest BCUT2D eigenvalue weighted by molar-refractivity contribution is -0.142. The Bertz CT molecular complexity index is 939. The normalized spacial score (nSPS) is 22.1. The summed E-state index contributed by atoms with van der Waals surface area (Å²) in [4.78, 5) is 50.2. The number of benzene rings is 1. The quantitative estimate of drug-likeness (QED) is 0.793. The van der Waals surface area contributed by atoms with Crippen molar-refractivity contribution in [1.82, 2.24) is 4.90 Å². The minimum Gasteiger partial charge on any atom is -0.449 e. The van der Waals surface area contributed by atoms with Gasteiger partial charge in [0, 0.05) is 5.39 Å². The van der Waals surface area contributed by atoms with Crippen molar-refractivity contribution in [2.24, 2.45) is 17.6 Å². The standard InChI is InChI=1S/C19H19N3O5/c20-17(24)16-15(12-7-3-4-8-13(12)27-16)21-14(23)9-22-18(25)10-5-1-2-6-11(10)19(22)26/h3-4,7-8,10-11H,1-2,5-6,9H2,(H2,20,24)(H,21,23). The summed E-state index contributed by atoms with van der Waals surface area (Å²) in [6.07, 6.45) is 3.21. The molecule has 2 atom stereocenters. The maximum absolute atomic E-state index is 12.5. The van der Waals surface area contributed by atoms with Gasteiger partial charge in [0.25, 0.3) is 5.91 Å². The number of imide groups is 1. The lowest BCUT2D eigenvalue weighted by Crippen LogP contribution is -2.38. The van der Waals surface area contributed by atoms with Gasteiger partial charge in [0.05, 0.1) is 11.8 Å². The molecule has 8 nitrogen and oxygen atoms in total. The van der Waals surface area contributed by atoms with Crippen molar-refractivity contribution in [3.8, 4) is 0 Å². The number of para-hydroxylation sites is 1. The van der Waals surface area contributed by atoms with Crippen LogP contribution in [0, 0.1) is 11.8 Å². The summed E-state index contributed by atoms with van der Waals surface area (Å²) in [7, 11) is 0. The van der Waals surface area contributed by atoms with E-state index in [9.17, 15) is 19.2 Å². The number of nitrogens with zero attached hydrogens (tertiary/aromatic N) is 1. The number of nitrogens with one attached hydrogen (secondary N) is 1. The van der Waals surface area contributed by atoms with E-state index in [1.807, 2.05) is 0 Å². The maximum Gasteiger partial charge on any atom is 0.286 e. The van der Waals surface area contributed by atoms with Gasteiger partial charge in [0.1, 0.15) is 17.8 Å². The molecule has 2 heterocycles. The molecule has 2 aromatic rings. The molecule has 1 saturated carbocycles. The van der Waals surface area contributed by atoms with Crippen LogP contribution in [0.15, 0.2) is 28.7 Å². The van der Waals surface area contributed by atoms with E-state index in [4.69, 9.17) is 10.2 Å². The maximum atomic E-state index is 12.5. The number of hydrogen-bond acceptors (Lipinski definition) is 5. The summed E-state index contributed by atoms with van der Waals surface area (Å²) in [5.74, 6) is -2.76. The van der Waals surface area contributed by atoms with Crippen LogP contribution < -0.4 is 11.1 Å². The average Bonchev–Trinajstić information content (AvgIpc) is 3.14. The lowest BCUT2D eigenvalue weighted by Gasteiger charge is -2.19. The number of likely N-dealkylation sites (tertiary alicyclic amines) is 1. The molecule has 2 unspecified atom stereocenters. The number of anilines is 1. The van der Waals surface area contributed by atoms with Crippen molar-refractivity contribution < 1.29 is 23.6 Å². The highest BCUT2D eigenvalue weighted by Crippen LogP contribution is 2.38. The first-order valence-electron chi connectivity index (χ1n) is 8.93. The minimum absolute atomic E-state index is 0.152. The van der Waals surface area contributed by atoms with Crippen LogP contribution in [0.3, 0.4) is 0 Å². The molecule has 0 radical (unpaired) electrons. The monoisotopic (exact) mass is 369 g/mol. The zero-order valence-corrected chi connectivity index (χ0v) is 14.6. The molecule has 1 aromatic carbocycles. The smallest absolute Gasteiger partial charge is 0.286 e. The SMILES string of the molecule is NC(=O)c1oc2ccccc2c1NC(=O)CN1C(=O)C2CCCCC2C1=O. The topological polar surface area (TPSA) is 123 Å². The Kier molecular flexibility index (Phi) is 4.18. The molecule has 1 aliphatic carbocycles. The van der Waals surface area contributed by atoms with Crippen LogP contribution in [0.5, 0.6) is 0 Å². The largest absolute Gasteiger partial charge is 0.449 e. The number of amides is 4. The Morgan fingerprint density at radius 3 is 2.37 bits per heavy atom. The number of fused-ring (bicyclic) bond motifs is 2. The number of primary amides is 1. The first-order chi connectivity index (χ1) is 13.0. The van der Waals surface area contributed by atoms with Crippen LogP contribution in [0.25, 0.3) is 11.0 Å². The van der Waals surface area contributed by atoms with E-state index in [-0.39, 0.29) is 41.6 Å². The lowest BCUT2D eigenvalue weighted by atomic mass is 9.81. The van der Waals surface area contributed by atoms with Gasteiger partial charge in [-0.3, -0.25) is 24.1 Å². The number of carbonyl (C=O) groups excluding carboxylic acids is 4. The molecule has 8 heteroatoms. The third-order valence-corrected chi connectivity index (χ3v) is 5.32. The highest BCUT2D eigenvalue weighted by atomic mass is 16.3. The van der Waals surface area contributed by atoms with Crippen molar-refractivity contribution in [1.29, 1.82) is 0 Å². The Balaban J connectivity index is 1.56. The third kappa shape index (κ3) is 2.87. The predicted molar refractivity (Wildman–Crippen MR) is 95.5 cm³/mol. The summed E-state index contributed by atoms with van der Waals surface area (Å²) < 4.78 is 5.41. The molecule has 3 N–H and O–H groups in total. The van der Waals surface area contributed by atoms with Crippen LogP contribution in [0.2, 0.25) is 0 Å². The number of hydrogen-bond donors (Lipinski definition) is 2. The molecule has 27 heavy (non-hydrogen) atoms. The molecule has 0 spiro atoms. The van der Waals surface area contributed by atoms with Gasteiger partial charge in [-0.15, -0.1) is 0 Å². The Labute approximate surface area is 154 Å². The zero-order chi connectivity index (χ0) is 19.1. The molecule has 1 saturated heterocycles. The average molecular weight is 369 g/mol. The van der Waals surface area contributed by atoms with Crippen LogP contribution in [0.1, 0.15) is 36.2 Å². The zero-order valence-electron chi connectivity index (χ0n) is 14.6. The van der Waals surface area contributed by atoms with Crippen molar-refractivity contribution in [2.75, 3.05) is 11.9 Å². The fourth-order valence-electron chi connectivity index (χ4n) is 4.05. The van der Waals surface area contributed by atoms with E-state index >= 15 is 0 Å². The van der Waals surface area contributed by atoms with Crippen LogP contribution in [-0.2, 0) is 14.4 Å². The minimum atomic E-state index is -0.819. The second-order valence-corrected chi connectivity index (χ2v) is 6.97. The van der Waals surface area contributed by atoms with Crippen LogP contribution in [-0.4, -0.2) is 35.1 Å². The molecule has 2 aliphatic rings. The fourth-order valence-corrected chi connectivity index (χ4v) is 4.05. The molecule has 2 fully saturated rings. The van der Waals surface area contributed by atoms with Crippen molar-refractivity contribution in [2.45, 2.75) is 25.7 Å². The van der Waals surface area contributed by atoms with Gasteiger partial charge >= 0.3 is 0 Å². The van der Waals surface area contributed by atoms with Gasteiger partial charge in [-0.25, -0.2) is 0 Å². The van der Waals surface area contributed by atoms with Crippen molar-refractivity contribution in [3.63, 3.8) is 0 Å². The molecule has 1 aliphatic heterocycles. The van der Waals surface area contributed by atoms with Gasteiger partial charge in [-0.1, -0.05) is 25.0 Å². The Hall–Kier alpha value is -3.16. The van der Waals surface area contributed by atoms with Crippen molar-refractivity contribution >= 4 is 40.3 Å². The molecule has 4 amide bonds. The molecule has 140 valence electrons. The number of rotatable bonds is 4. The van der Waals surface area contributed by atoms with E-state index in [0.29, 0.717) is 23.8 Å². The first kappa shape index (κ1) is 17.3. The van der Waals surface area contributed by atoms with Gasteiger partial charge in [-0.2, -0.15) is 0 Å². The number of carbonyl (C=O) groups is 4. The molecular weight excluding hydrogens is 350 g/mol. The third-order valence-electron chi connectivity index (χ3n) is 5.32. The summed E-state index contributed by atoms with van der Waals surface area (Å²) in [6, 6.07) is 6.79. The van der Waals surface area contributed by atoms with E-state index in [2.05, 4.69) is 5.32 Å². The summed E-state index contributed by atoms with van der Waals surface area (Å²) in [5, 5.41) is 3.11. The van der Waals surface area contributed by atoms with E-state index in [1.54, 1.807) is 24.3 Å². The number of furan rings is 1. The predicted octanol–water partition coefficient (Wildman–Crippen LogP) is 1.65. The van der Waals surface area contributed by atoms with Crippen molar-refractivity contribution in [3.05, 3.63) is 30.0 Å². The van der Waals surface area contributed by atoms with Gasteiger partial charge < -0.3 is 15.5 Å². The van der Waals surface area contributed by atoms with Gasteiger partial charge in [-0.05, 0) is 25.0 Å². The van der Waals surface area contributed by atoms with Gasteiger partial charge in [0.15, 0.2) is 0 Å². The van der Waals surface area contributed by atoms with E-state index in [1.165, 1.54) is 0 Å². The molecule has 0 bridgehead atoms.